The number of fused-ring (bicyclic) bond motifs is 1. The summed E-state index contributed by atoms with van der Waals surface area (Å²) in [5, 5.41) is 0.464. The number of anilines is 2. The Morgan fingerprint density at radius 3 is 2.85 bits per heavy atom. The molecular weight excluding hydrogens is 372 g/mol. The van der Waals surface area contributed by atoms with E-state index in [1.54, 1.807) is 23.1 Å². The Kier molecular flexibility index (Phi) is 5.00. The molecule has 1 amide bonds. The number of H-pyrrole nitrogens is 1. The van der Waals surface area contributed by atoms with Crippen LogP contribution in [0.1, 0.15) is 5.82 Å². The number of nitrogens with one attached hydrogen (secondary N) is 1. The van der Waals surface area contributed by atoms with Crippen molar-refractivity contribution >= 4 is 29.0 Å². The Labute approximate surface area is 160 Å². The van der Waals surface area contributed by atoms with Gasteiger partial charge in [0.15, 0.2) is 5.75 Å². The lowest BCUT2D eigenvalue weighted by atomic mass is 10.2. The molecule has 0 atom stereocenters. The van der Waals surface area contributed by atoms with Gasteiger partial charge in [-0.05, 0) is 12.1 Å². The monoisotopic (exact) mass is 390 g/mol. The number of amides is 1. The van der Waals surface area contributed by atoms with E-state index in [0.29, 0.717) is 67.6 Å². The molecule has 142 valence electrons. The molecule has 1 fully saturated rings. The molecule has 8 nitrogen and oxygen atoms in total. The van der Waals surface area contributed by atoms with Crippen molar-refractivity contribution in [1.82, 2.24) is 9.97 Å². The second-order valence-electron chi connectivity index (χ2n) is 6.31. The fourth-order valence-corrected chi connectivity index (χ4v) is 3.47. The molecule has 1 saturated heterocycles. The van der Waals surface area contributed by atoms with Crippen LogP contribution in [0.15, 0.2) is 29.1 Å². The number of carbonyl (C=O) groups is 1. The number of benzene rings is 1. The number of carbonyl (C=O) groups excluding carboxylic acids is 1. The number of hydrogen-bond acceptors (Lipinski definition) is 6. The van der Waals surface area contributed by atoms with Crippen LogP contribution < -0.4 is 20.1 Å². The number of aromatic amines is 1. The first-order valence-corrected chi connectivity index (χ1v) is 9.14. The van der Waals surface area contributed by atoms with E-state index in [2.05, 4.69) is 9.97 Å². The van der Waals surface area contributed by atoms with Gasteiger partial charge in [0.2, 0.25) is 5.91 Å². The van der Waals surface area contributed by atoms with E-state index < -0.39 is 0 Å². The third kappa shape index (κ3) is 3.77. The molecule has 0 spiro atoms. The number of rotatable bonds is 3. The molecule has 1 N–H and O–H groups in total. The molecule has 0 unspecified atom stereocenters. The molecule has 0 bridgehead atoms. The molecular formula is C18H19ClN4O4. The summed E-state index contributed by atoms with van der Waals surface area (Å²) < 4.78 is 10.9. The van der Waals surface area contributed by atoms with E-state index >= 15 is 0 Å². The number of aromatic nitrogens is 2. The van der Waals surface area contributed by atoms with E-state index in [9.17, 15) is 9.59 Å². The summed E-state index contributed by atoms with van der Waals surface area (Å²) >= 11 is 6.16. The summed E-state index contributed by atoms with van der Waals surface area (Å²) in [4.78, 5) is 35.6. The molecule has 3 heterocycles. The van der Waals surface area contributed by atoms with Gasteiger partial charge in [-0.25, -0.2) is 4.98 Å². The molecule has 27 heavy (non-hydrogen) atoms. The summed E-state index contributed by atoms with van der Waals surface area (Å²) in [6.45, 7) is 3.29. The largest absolute Gasteiger partial charge is 0.488 e. The van der Waals surface area contributed by atoms with Crippen molar-refractivity contribution < 1.29 is 14.3 Å². The van der Waals surface area contributed by atoms with Crippen LogP contribution in [-0.2, 0) is 16.0 Å². The zero-order chi connectivity index (χ0) is 18.8. The Morgan fingerprint density at radius 1 is 1.22 bits per heavy atom. The summed E-state index contributed by atoms with van der Waals surface area (Å²) in [6, 6.07) is 6.73. The van der Waals surface area contributed by atoms with Crippen molar-refractivity contribution in [3.63, 3.8) is 0 Å². The van der Waals surface area contributed by atoms with E-state index in [1.165, 1.54) is 6.07 Å². The summed E-state index contributed by atoms with van der Waals surface area (Å²) in [6.07, 6.45) is -0.0145. The van der Waals surface area contributed by atoms with Crippen LogP contribution in [0.2, 0.25) is 5.02 Å². The van der Waals surface area contributed by atoms with Crippen molar-refractivity contribution in [2.75, 3.05) is 49.3 Å². The van der Waals surface area contributed by atoms with Gasteiger partial charge in [0.05, 0.1) is 36.9 Å². The Bertz CT molecular complexity index is 910. The van der Waals surface area contributed by atoms with Crippen LogP contribution in [0.4, 0.5) is 11.5 Å². The lowest BCUT2D eigenvalue weighted by molar-refractivity contribution is -0.118. The third-order valence-corrected chi connectivity index (χ3v) is 4.83. The van der Waals surface area contributed by atoms with Crippen molar-refractivity contribution in [3.8, 4) is 5.75 Å². The predicted octanol–water partition coefficient (Wildman–Crippen LogP) is 1.23. The fraction of sp³-hybridized carbons (Fsp3) is 0.389. The van der Waals surface area contributed by atoms with Crippen LogP contribution in [-0.4, -0.2) is 55.3 Å². The topological polar surface area (TPSA) is 87.8 Å². The number of halogens is 1. The zero-order valence-corrected chi connectivity index (χ0v) is 15.4. The highest BCUT2D eigenvalue weighted by Crippen LogP contribution is 2.37. The Hall–Kier alpha value is -2.58. The van der Waals surface area contributed by atoms with Crippen molar-refractivity contribution in [2.24, 2.45) is 0 Å². The summed E-state index contributed by atoms with van der Waals surface area (Å²) in [5.41, 5.74) is 0.352. The number of hydrogen-bond donors (Lipinski definition) is 1. The maximum atomic E-state index is 12.9. The van der Waals surface area contributed by atoms with Gasteiger partial charge in [0.1, 0.15) is 18.2 Å². The molecule has 0 aliphatic carbocycles. The van der Waals surface area contributed by atoms with Gasteiger partial charge in [0.25, 0.3) is 5.56 Å². The molecule has 2 aliphatic rings. The first kappa shape index (κ1) is 17.8. The SMILES string of the molecule is O=C(Cc1nc(N2CCOCC2)cc(=O)[nH]1)N1CCOc2c(Cl)cccc21. The van der Waals surface area contributed by atoms with Crippen LogP contribution in [0.25, 0.3) is 0 Å². The van der Waals surface area contributed by atoms with Crippen LogP contribution >= 0.6 is 11.6 Å². The number of para-hydroxylation sites is 1. The maximum absolute atomic E-state index is 12.9. The van der Waals surface area contributed by atoms with Crippen LogP contribution in [0, 0.1) is 0 Å². The van der Waals surface area contributed by atoms with Gasteiger partial charge in [-0.1, -0.05) is 17.7 Å². The molecule has 4 rings (SSSR count). The van der Waals surface area contributed by atoms with Gasteiger partial charge in [-0.2, -0.15) is 0 Å². The number of morpholine rings is 1. The normalized spacial score (nSPS) is 16.6. The smallest absolute Gasteiger partial charge is 0.252 e. The van der Waals surface area contributed by atoms with E-state index in [0.717, 1.165) is 0 Å². The minimum absolute atomic E-state index is 0.0145. The molecule has 9 heteroatoms. The molecule has 0 radical (unpaired) electrons. The van der Waals surface area contributed by atoms with Crippen molar-refractivity contribution in [2.45, 2.75) is 6.42 Å². The Morgan fingerprint density at radius 2 is 2.04 bits per heavy atom. The standard InChI is InChI=1S/C18H19ClN4O4/c19-12-2-1-3-13-18(12)27-9-6-23(13)17(25)10-14-20-15(11-16(24)21-14)22-4-7-26-8-5-22/h1-3,11H,4-10H2,(H,20,21,24). The molecule has 2 aliphatic heterocycles. The first-order chi connectivity index (χ1) is 13.1. The van der Waals surface area contributed by atoms with Crippen molar-refractivity contribution in [1.29, 1.82) is 0 Å². The van der Waals surface area contributed by atoms with Gasteiger partial charge in [-0.15, -0.1) is 0 Å². The molecule has 1 aromatic carbocycles. The zero-order valence-electron chi connectivity index (χ0n) is 14.6. The van der Waals surface area contributed by atoms with Gasteiger partial charge < -0.3 is 24.3 Å². The van der Waals surface area contributed by atoms with Crippen LogP contribution in [0.5, 0.6) is 5.75 Å². The molecule has 2 aromatic rings. The number of nitrogens with zero attached hydrogens (tertiary/aromatic N) is 3. The summed E-state index contributed by atoms with van der Waals surface area (Å²) in [7, 11) is 0. The minimum atomic E-state index is -0.278. The highest BCUT2D eigenvalue weighted by molar-refractivity contribution is 6.32. The molecule has 0 saturated carbocycles. The van der Waals surface area contributed by atoms with E-state index in [1.807, 2.05) is 4.90 Å². The lowest BCUT2D eigenvalue weighted by Crippen LogP contribution is -2.40. The average molecular weight is 391 g/mol. The fourth-order valence-electron chi connectivity index (χ4n) is 3.24. The van der Waals surface area contributed by atoms with Gasteiger partial charge >= 0.3 is 0 Å². The lowest BCUT2D eigenvalue weighted by Gasteiger charge is -2.30. The quantitative estimate of drug-likeness (QED) is 0.848. The predicted molar refractivity (Wildman–Crippen MR) is 101 cm³/mol. The highest BCUT2D eigenvalue weighted by Gasteiger charge is 2.26. The minimum Gasteiger partial charge on any atom is -0.488 e. The molecule has 1 aromatic heterocycles. The number of ether oxygens (including phenoxy) is 2. The summed E-state index contributed by atoms with van der Waals surface area (Å²) in [5.74, 6) is 1.23. The van der Waals surface area contributed by atoms with E-state index in [4.69, 9.17) is 21.1 Å². The first-order valence-electron chi connectivity index (χ1n) is 8.76. The second kappa shape index (κ2) is 7.58. The third-order valence-electron chi connectivity index (χ3n) is 4.53. The highest BCUT2D eigenvalue weighted by atomic mass is 35.5. The maximum Gasteiger partial charge on any atom is 0.252 e. The van der Waals surface area contributed by atoms with Gasteiger partial charge in [-0.3, -0.25) is 9.59 Å². The average Bonchev–Trinajstić information content (AvgIpc) is 2.68. The van der Waals surface area contributed by atoms with E-state index in [-0.39, 0.29) is 17.9 Å². The second-order valence-corrected chi connectivity index (χ2v) is 6.72. The van der Waals surface area contributed by atoms with Crippen LogP contribution in [0.3, 0.4) is 0 Å². The Balaban J connectivity index is 1.56. The van der Waals surface area contributed by atoms with Gasteiger partial charge in [0, 0.05) is 19.2 Å². The van der Waals surface area contributed by atoms with Crippen molar-refractivity contribution in [3.05, 3.63) is 45.5 Å².